The van der Waals surface area contributed by atoms with Crippen molar-refractivity contribution in [1.82, 2.24) is 0 Å². The van der Waals surface area contributed by atoms with Crippen LogP contribution in [0.2, 0.25) is 0 Å². The number of amides is 1. The van der Waals surface area contributed by atoms with Gasteiger partial charge < -0.3 is 15.3 Å². The first-order valence-electron chi connectivity index (χ1n) is 10.4. The number of aliphatic hydroxyl groups excluding tert-OH is 2. The van der Waals surface area contributed by atoms with Crippen LogP contribution >= 0.6 is 11.8 Å². The second-order valence-corrected chi connectivity index (χ2v) is 8.96. The van der Waals surface area contributed by atoms with Gasteiger partial charge in [-0.1, -0.05) is 54.2 Å². The molecule has 1 heterocycles. The van der Waals surface area contributed by atoms with E-state index in [1.807, 2.05) is 30.3 Å². The highest BCUT2D eigenvalue weighted by Crippen LogP contribution is 2.48. The molecular formula is C25H24FNO4S. The molecule has 0 bridgehead atoms. The van der Waals surface area contributed by atoms with Crippen LogP contribution in [0.5, 0.6) is 5.75 Å². The molecule has 0 radical (unpaired) electrons. The van der Waals surface area contributed by atoms with E-state index in [0.717, 1.165) is 5.69 Å². The first-order valence-corrected chi connectivity index (χ1v) is 11.3. The van der Waals surface area contributed by atoms with Crippen molar-refractivity contribution in [2.75, 3.05) is 4.90 Å². The van der Waals surface area contributed by atoms with Crippen LogP contribution in [0.4, 0.5) is 14.9 Å². The summed E-state index contributed by atoms with van der Waals surface area (Å²) in [4.78, 5) is 14.7. The maximum absolute atomic E-state index is 13.2. The van der Waals surface area contributed by atoms with Gasteiger partial charge in [0, 0.05) is 16.5 Å². The van der Waals surface area contributed by atoms with Gasteiger partial charge in [0.25, 0.3) is 5.24 Å². The molecule has 1 aliphatic heterocycles. The minimum atomic E-state index is -0.789. The largest absolute Gasteiger partial charge is 0.508 e. The number of anilines is 1. The molecule has 4 rings (SSSR count). The van der Waals surface area contributed by atoms with Crippen LogP contribution in [0.1, 0.15) is 41.7 Å². The summed E-state index contributed by atoms with van der Waals surface area (Å²) in [5.41, 5.74) is 2.51. The molecular weight excluding hydrogens is 429 g/mol. The monoisotopic (exact) mass is 453 g/mol. The quantitative estimate of drug-likeness (QED) is 0.451. The van der Waals surface area contributed by atoms with Crippen LogP contribution in [-0.4, -0.2) is 25.8 Å². The van der Waals surface area contributed by atoms with Crippen molar-refractivity contribution < 1.29 is 24.5 Å². The normalized spacial score (nSPS) is 19.3. The van der Waals surface area contributed by atoms with E-state index >= 15 is 0 Å². The van der Waals surface area contributed by atoms with Crippen LogP contribution in [0.3, 0.4) is 0 Å². The third-order valence-electron chi connectivity index (χ3n) is 5.69. The lowest BCUT2D eigenvalue weighted by Crippen LogP contribution is -2.29. The second-order valence-electron chi connectivity index (χ2n) is 7.77. The lowest BCUT2D eigenvalue weighted by Gasteiger charge is -2.29. The van der Waals surface area contributed by atoms with Crippen molar-refractivity contribution in [2.24, 2.45) is 0 Å². The van der Waals surface area contributed by atoms with Gasteiger partial charge in [0.05, 0.1) is 18.8 Å². The summed E-state index contributed by atoms with van der Waals surface area (Å²) in [6, 6.07) is 19.5. The molecule has 1 saturated heterocycles. The number of carbonyl (C=O) groups is 1. The molecule has 3 aromatic carbocycles. The molecule has 32 heavy (non-hydrogen) atoms. The Bertz CT molecular complexity index is 1080. The zero-order valence-electron chi connectivity index (χ0n) is 17.3. The molecule has 1 aliphatic rings. The number of phenols is 1. The molecule has 1 fully saturated rings. The highest BCUT2D eigenvalue weighted by molar-refractivity contribution is 8.14. The Hall–Kier alpha value is -2.87. The van der Waals surface area contributed by atoms with Crippen LogP contribution in [0, 0.1) is 5.82 Å². The predicted octanol–water partition coefficient (Wildman–Crippen LogP) is 5.32. The average Bonchev–Trinajstić information content (AvgIpc) is 3.14. The Morgan fingerprint density at radius 2 is 1.75 bits per heavy atom. The molecule has 3 aromatic rings. The van der Waals surface area contributed by atoms with E-state index in [1.54, 1.807) is 29.2 Å². The molecule has 0 aromatic heterocycles. The van der Waals surface area contributed by atoms with Crippen LogP contribution < -0.4 is 4.90 Å². The molecule has 0 saturated carbocycles. The molecule has 166 valence electrons. The van der Waals surface area contributed by atoms with Gasteiger partial charge in [-0.15, -0.1) is 0 Å². The SMILES string of the molecule is O=C1S[C@@H](CC[C@H](O)c2ccc(F)cc2)[C@@H](c2ccc(CO)cc2O)N1c1ccccc1. The summed E-state index contributed by atoms with van der Waals surface area (Å²) in [5, 5.41) is 30.3. The highest BCUT2D eigenvalue weighted by Gasteiger charge is 2.43. The van der Waals surface area contributed by atoms with E-state index in [-0.39, 0.29) is 28.7 Å². The number of para-hydroxylation sites is 1. The maximum atomic E-state index is 13.2. The number of benzene rings is 3. The summed E-state index contributed by atoms with van der Waals surface area (Å²) < 4.78 is 13.2. The van der Waals surface area contributed by atoms with Gasteiger partial charge in [0.2, 0.25) is 0 Å². The van der Waals surface area contributed by atoms with Crippen molar-refractivity contribution in [3.63, 3.8) is 0 Å². The first-order chi connectivity index (χ1) is 15.5. The number of hydrogen-bond acceptors (Lipinski definition) is 5. The van der Waals surface area contributed by atoms with E-state index in [2.05, 4.69) is 0 Å². The summed E-state index contributed by atoms with van der Waals surface area (Å²) in [7, 11) is 0. The fourth-order valence-corrected chi connectivity index (χ4v) is 5.30. The fraction of sp³-hybridized carbons (Fsp3) is 0.240. The van der Waals surface area contributed by atoms with Gasteiger partial charge in [-0.3, -0.25) is 9.69 Å². The van der Waals surface area contributed by atoms with Crippen molar-refractivity contribution in [3.8, 4) is 5.75 Å². The van der Waals surface area contributed by atoms with E-state index < -0.39 is 12.1 Å². The number of aromatic hydroxyl groups is 1. The van der Waals surface area contributed by atoms with Gasteiger partial charge >= 0.3 is 0 Å². The van der Waals surface area contributed by atoms with Crippen LogP contribution in [-0.2, 0) is 6.61 Å². The number of aliphatic hydroxyl groups is 2. The zero-order valence-corrected chi connectivity index (χ0v) is 18.1. The van der Waals surface area contributed by atoms with E-state index in [4.69, 9.17) is 0 Å². The average molecular weight is 454 g/mol. The number of thioether (sulfide) groups is 1. The first kappa shape index (κ1) is 22.3. The zero-order chi connectivity index (χ0) is 22.7. The van der Waals surface area contributed by atoms with E-state index in [9.17, 15) is 24.5 Å². The molecule has 5 nitrogen and oxygen atoms in total. The Kier molecular flexibility index (Phi) is 6.79. The molecule has 0 unspecified atom stereocenters. The lowest BCUT2D eigenvalue weighted by atomic mass is 9.94. The van der Waals surface area contributed by atoms with Gasteiger partial charge in [-0.05, 0) is 54.3 Å². The summed E-state index contributed by atoms with van der Waals surface area (Å²) in [6.07, 6.45) is 0.0955. The number of hydrogen-bond donors (Lipinski definition) is 3. The fourth-order valence-electron chi connectivity index (χ4n) is 4.05. The number of rotatable bonds is 7. The van der Waals surface area contributed by atoms with Gasteiger partial charge in [-0.2, -0.15) is 0 Å². The molecule has 0 spiro atoms. The molecule has 0 aliphatic carbocycles. The minimum absolute atomic E-state index is 0.0156. The van der Waals surface area contributed by atoms with Crippen LogP contribution in [0.25, 0.3) is 0 Å². The number of nitrogens with zero attached hydrogens (tertiary/aromatic N) is 1. The smallest absolute Gasteiger partial charge is 0.287 e. The number of phenolic OH excluding ortho intramolecular Hbond substituents is 1. The van der Waals surface area contributed by atoms with Crippen molar-refractivity contribution in [2.45, 2.75) is 36.8 Å². The van der Waals surface area contributed by atoms with Gasteiger partial charge in [0.1, 0.15) is 11.6 Å². The number of halogens is 1. The molecule has 1 amide bonds. The predicted molar refractivity (Wildman–Crippen MR) is 123 cm³/mol. The summed E-state index contributed by atoms with van der Waals surface area (Å²) >= 11 is 1.19. The van der Waals surface area contributed by atoms with Gasteiger partial charge in [-0.25, -0.2) is 4.39 Å². The molecule has 3 atom stereocenters. The Morgan fingerprint density at radius 3 is 2.41 bits per heavy atom. The van der Waals surface area contributed by atoms with E-state index in [0.29, 0.717) is 29.5 Å². The highest BCUT2D eigenvalue weighted by atomic mass is 32.2. The third kappa shape index (κ3) is 4.65. The van der Waals surface area contributed by atoms with Gasteiger partial charge in [0.15, 0.2) is 0 Å². The minimum Gasteiger partial charge on any atom is -0.508 e. The number of carbonyl (C=O) groups excluding carboxylic acids is 1. The van der Waals surface area contributed by atoms with Crippen LogP contribution in [0.15, 0.2) is 72.8 Å². The summed E-state index contributed by atoms with van der Waals surface area (Å²) in [6.45, 7) is -0.193. The summed E-state index contributed by atoms with van der Waals surface area (Å²) in [5.74, 6) is -0.347. The Morgan fingerprint density at radius 1 is 1.03 bits per heavy atom. The topological polar surface area (TPSA) is 81.0 Å². The maximum Gasteiger partial charge on any atom is 0.287 e. The van der Waals surface area contributed by atoms with E-state index in [1.165, 1.54) is 30.0 Å². The Balaban J connectivity index is 1.63. The van der Waals surface area contributed by atoms with Crippen molar-refractivity contribution in [1.29, 1.82) is 0 Å². The third-order valence-corrected chi connectivity index (χ3v) is 6.88. The lowest BCUT2D eigenvalue weighted by molar-refractivity contribution is 0.163. The Labute approximate surface area is 190 Å². The molecule has 3 N–H and O–H groups in total. The second kappa shape index (κ2) is 9.73. The standard InChI is InChI=1S/C25H24FNO4S/c26-18-9-7-17(8-10-18)21(29)12-13-23-24(20-11-6-16(15-28)14-22(20)30)27(25(31)32-23)19-4-2-1-3-5-19/h1-11,14,21,23-24,28-30H,12-13,15H2/t21-,23-,24+/m0/s1. The van der Waals surface area contributed by atoms with Crippen molar-refractivity contribution in [3.05, 3.63) is 95.3 Å². The van der Waals surface area contributed by atoms with Crippen molar-refractivity contribution >= 4 is 22.7 Å². The molecule has 7 heteroatoms.